The Bertz CT molecular complexity index is 827. The molecule has 0 heterocycles. The van der Waals surface area contributed by atoms with Gasteiger partial charge in [-0.25, -0.2) is 8.78 Å². The SMILES string of the molecule is OCCCCCCC1=C(c2ccc(F)c(F)c2)CCCc2cc(O)ccc21. The van der Waals surface area contributed by atoms with Gasteiger partial charge in [0.25, 0.3) is 0 Å². The number of hydrogen-bond acceptors (Lipinski definition) is 2. The summed E-state index contributed by atoms with van der Waals surface area (Å²) in [5.74, 6) is -1.39. The first kappa shape index (κ1) is 19.6. The van der Waals surface area contributed by atoms with Crippen molar-refractivity contribution in [2.45, 2.75) is 51.4 Å². The summed E-state index contributed by atoms with van der Waals surface area (Å²) in [6.45, 7) is 0.213. The predicted octanol–water partition coefficient (Wildman–Crippen LogP) is 5.86. The molecule has 0 atom stereocenters. The van der Waals surface area contributed by atoms with E-state index in [0.717, 1.165) is 79.2 Å². The van der Waals surface area contributed by atoms with Crippen LogP contribution in [0, 0.1) is 11.6 Å². The number of aliphatic hydroxyl groups is 1. The average molecular weight is 372 g/mol. The van der Waals surface area contributed by atoms with Gasteiger partial charge in [-0.15, -0.1) is 0 Å². The Morgan fingerprint density at radius 3 is 2.44 bits per heavy atom. The lowest BCUT2D eigenvalue weighted by molar-refractivity contribution is 0.282. The van der Waals surface area contributed by atoms with Crippen molar-refractivity contribution in [3.05, 3.63) is 64.7 Å². The molecule has 0 radical (unpaired) electrons. The van der Waals surface area contributed by atoms with E-state index in [2.05, 4.69) is 0 Å². The molecule has 2 nitrogen and oxygen atoms in total. The zero-order valence-electron chi connectivity index (χ0n) is 15.5. The Morgan fingerprint density at radius 1 is 0.852 bits per heavy atom. The van der Waals surface area contributed by atoms with Crippen LogP contribution in [-0.2, 0) is 6.42 Å². The summed E-state index contributed by atoms with van der Waals surface area (Å²) in [7, 11) is 0. The van der Waals surface area contributed by atoms with E-state index >= 15 is 0 Å². The average Bonchev–Trinajstić information content (AvgIpc) is 2.83. The summed E-state index contributed by atoms with van der Waals surface area (Å²) >= 11 is 0. The number of hydrogen-bond donors (Lipinski definition) is 2. The third-order valence-corrected chi connectivity index (χ3v) is 5.25. The summed E-state index contributed by atoms with van der Waals surface area (Å²) in [6, 6.07) is 9.60. The molecule has 0 aliphatic heterocycles. The minimum absolute atomic E-state index is 0.213. The highest BCUT2D eigenvalue weighted by Crippen LogP contribution is 2.39. The molecule has 144 valence electrons. The number of rotatable bonds is 7. The van der Waals surface area contributed by atoms with Crippen molar-refractivity contribution in [3.8, 4) is 5.75 Å². The number of benzene rings is 2. The number of allylic oxidation sites excluding steroid dienone is 2. The highest BCUT2D eigenvalue weighted by molar-refractivity contribution is 5.92. The summed E-state index contributed by atoms with van der Waals surface area (Å²) in [5.41, 5.74) is 5.18. The standard InChI is InChI=1S/C23H26F2O2/c24-22-12-9-17(15-23(22)25)19-8-5-6-16-14-18(27)10-11-20(16)21(19)7-3-1-2-4-13-26/h9-12,14-15,26-27H,1-8,13H2. The summed E-state index contributed by atoms with van der Waals surface area (Å²) in [5, 5.41) is 18.8. The van der Waals surface area contributed by atoms with E-state index in [1.807, 2.05) is 12.1 Å². The largest absolute Gasteiger partial charge is 0.508 e. The Morgan fingerprint density at radius 2 is 1.67 bits per heavy atom. The van der Waals surface area contributed by atoms with Gasteiger partial charge in [0.1, 0.15) is 5.75 Å². The first-order valence-corrected chi connectivity index (χ1v) is 9.70. The van der Waals surface area contributed by atoms with Crippen LogP contribution in [0.5, 0.6) is 5.75 Å². The van der Waals surface area contributed by atoms with E-state index in [0.29, 0.717) is 0 Å². The van der Waals surface area contributed by atoms with Crippen molar-refractivity contribution >= 4 is 11.1 Å². The molecule has 3 rings (SSSR count). The fourth-order valence-electron chi connectivity index (χ4n) is 3.91. The van der Waals surface area contributed by atoms with Gasteiger partial charge in [-0.2, -0.15) is 0 Å². The maximum Gasteiger partial charge on any atom is 0.159 e. The van der Waals surface area contributed by atoms with Crippen LogP contribution in [0.3, 0.4) is 0 Å². The molecule has 0 fully saturated rings. The van der Waals surface area contributed by atoms with E-state index in [1.54, 1.807) is 12.1 Å². The van der Waals surface area contributed by atoms with Crippen LogP contribution in [0.4, 0.5) is 8.78 Å². The van der Waals surface area contributed by atoms with Crippen molar-refractivity contribution in [2.75, 3.05) is 6.61 Å². The van der Waals surface area contributed by atoms with E-state index in [-0.39, 0.29) is 12.4 Å². The first-order valence-electron chi connectivity index (χ1n) is 9.70. The zero-order valence-corrected chi connectivity index (χ0v) is 15.5. The minimum Gasteiger partial charge on any atom is -0.508 e. The number of aromatic hydroxyl groups is 1. The highest BCUT2D eigenvalue weighted by atomic mass is 19.2. The topological polar surface area (TPSA) is 40.5 Å². The third kappa shape index (κ3) is 4.75. The second kappa shape index (κ2) is 9.14. The van der Waals surface area contributed by atoms with Crippen LogP contribution in [0.2, 0.25) is 0 Å². The van der Waals surface area contributed by atoms with Gasteiger partial charge < -0.3 is 10.2 Å². The van der Waals surface area contributed by atoms with Crippen LogP contribution in [-0.4, -0.2) is 16.8 Å². The van der Waals surface area contributed by atoms with Crippen molar-refractivity contribution in [1.29, 1.82) is 0 Å². The maximum atomic E-state index is 13.8. The summed E-state index contributed by atoms with van der Waals surface area (Å²) in [4.78, 5) is 0. The molecule has 2 N–H and O–H groups in total. The lowest BCUT2D eigenvalue weighted by Gasteiger charge is -2.16. The molecule has 27 heavy (non-hydrogen) atoms. The van der Waals surface area contributed by atoms with Crippen LogP contribution in [0.15, 0.2) is 36.4 Å². The molecule has 2 aromatic rings. The molecular formula is C23H26F2O2. The second-order valence-electron chi connectivity index (χ2n) is 7.17. The molecule has 1 aliphatic rings. The third-order valence-electron chi connectivity index (χ3n) is 5.25. The lowest BCUT2D eigenvalue weighted by Crippen LogP contribution is -1.96. The van der Waals surface area contributed by atoms with Gasteiger partial charge in [-0.1, -0.05) is 25.0 Å². The maximum absolute atomic E-state index is 13.8. The molecule has 0 aromatic heterocycles. The quantitative estimate of drug-likeness (QED) is 0.598. The van der Waals surface area contributed by atoms with Crippen molar-refractivity contribution in [1.82, 2.24) is 0 Å². The monoisotopic (exact) mass is 372 g/mol. The Kier molecular flexibility index (Phi) is 6.62. The molecule has 0 spiro atoms. The van der Waals surface area contributed by atoms with Crippen molar-refractivity contribution < 1.29 is 19.0 Å². The molecule has 0 amide bonds. The van der Waals surface area contributed by atoms with Crippen LogP contribution in [0.1, 0.15) is 61.6 Å². The molecule has 2 aromatic carbocycles. The number of halogens is 2. The molecule has 0 saturated carbocycles. The molecule has 0 saturated heterocycles. The molecule has 1 aliphatic carbocycles. The van der Waals surface area contributed by atoms with Gasteiger partial charge in [-0.3, -0.25) is 0 Å². The number of phenolic OH excluding ortho intramolecular Hbond substituents is 1. The normalized spacial score (nSPS) is 14.2. The van der Waals surface area contributed by atoms with Crippen LogP contribution < -0.4 is 0 Å². The van der Waals surface area contributed by atoms with E-state index in [9.17, 15) is 13.9 Å². The smallest absolute Gasteiger partial charge is 0.159 e. The van der Waals surface area contributed by atoms with Crippen molar-refractivity contribution in [2.24, 2.45) is 0 Å². The number of aryl methyl sites for hydroxylation is 1. The zero-order chi connectivity index (χ0) is 19.2. The number of phenols is 1. The number of unbranched alkanes of at least 4 members (excludes halogenated alkanes) is 3. The predicted molar refractivity (Wildman–Crippen MR) is 104 cm³/mol. The van der Waals surface area contributed by atoms with Gasteiger partial charge in [0.05, 0.1) is 0 Å². The van der Waals surface area contributed by atoms with Gasteiger partial charge in [-0.05, 0) is 90.6 Å². The molecule has 0 unspecified atom stereocenters. The Balaban J connectivity index is 2.00. The molecule has 4 heteroatoms. The van der Waals surface area contributed by atoms with E-state index < -0.39 is 11.6 Å². The van der Waals surface area contributed by atoms with E-state index in [1.165, 1.54) is 12.1 Å². The van der Waals surface area contributed by atoms with Crippen molar-refractivity contribution in [3.63, 3.8) is 0 Å². The molecular weight excluding hydrogens is 346 g/mol. The van der Waals surface area contributed by atoms with Gasteiger partial charge in [0.2, 0.25) is 0 Å². The first-order chi connectivity index (χ1) is 13.1. The van der Waals surface area contributed by atoms with Crippen LogP contribution in [0.25, 0.3) is 11.1 Å². The fourth-order valence-corrected chi connectivity index (χ4v) is 3.91. The summed E-state index contributed by atoms with van der Waals surface area (Å²) < 4.78 is 27.3. The number of aliphatic hydroxyl groups excluding tert-OH is 1. The lowest BCUT2D eigenvalue weighted by atomic mass is 9.89. The Hall–Kier alpha value is -2.20. The second-order valence-corrected chi connectivity index (χ2v) is 7.17. The highest BCUT2D eigenvalue weighted by Gasteiger charge is 2.19. The van der Waals surface area contributed by atoms with Crippen LogP contribution >= 0.6 is 0 Å². The van der Waals surface area contributed by atoms with Gasteiger partial charge in [0.15, 0.2) is 11.6 Å². The fraction of sp³-hybridized carbons (Fsp3) is 0.391. The Labute approximate surface area is 159 Å². The summed E-state index contributed by atoms with van der Waals surface area (Å²) in [6.07, 6.45) is 7.17. The van der Waals surface area contributed by atoms with E-state index in [4.69, 9.17) is 5.11 Å². The minimum atomic E-state index is -0.830. The number of fused-ring (bicyclic) bond motifs is 1. The van der Waals surface area contributed by atoms with Gasteiger partial charge in [0, 0.05) is 6.61 Å². The molecule has 0 bridgehead atoms. The van der Waals surface area contributed by atoms with Gasteiger partial charge >= 0.3 is 0 Å².